The van der Waals surface area contributed by atoms with Gasteiger partial charge in [-0.2, -0.15) is 5.10 Å². The zero-order valence-electron chi connectivity index (χ0n) is 10.1. The highest BCUT2D eigenvalue weighted by molar-refractivity contribution is 14.1. The molecule has 3 nitrogen and oxygen atoms in total. The van der Waals surface area contributed by atoms with Gasteiger partial charge in [-0.15, -0.1) is 0 Å². The first-order valence-electron chi connectivity index (χ1n) is 5.70. The Morgan fingerprint density at radius 1 is 1.41 bits per heavy atom. The van der Waals surface area contributed by atoms with E-state index in [4.69, 9.17) is 0 Å². The van der Waals surface area contributed by atoms with E-state index < -0.39 is 0 Å². The van der Waals surface area contributed by atoms with Crippen molar-refractivity contribution >= 4 is 28.3 Å². The molecule has 1 aromatic heterocycles. The molecule has 0 aliphatic carbocycles. The lowest BCUT2D eigenvalue weighted by atomic mass is 10.2. The molecule has 0 radical (unpaired) electrons. The molecule has 1 heterocycles. The molecule has 0 fully saturated rings. The standard InChI is InChI=1S/C13H16IN3/c1-3-17-9-11(8-16-17)7-15-13-5-4-12(14)6-10(13)2/h4-6,8-9,15H,3,7H2,1-2H3. The molecule has 0 saturated carbocycles. The van der Waals surface area contributed by atoms with Crippen LogP contribution in [0.3, 0.4) is 0 Å². The van der Waals surface area contributed by atoms with Crippen molar-refractivity contribution in [1.82, 2.24) is 9.78 Å². The number of aryl methyl sites for hydroxylation is 2. The summed E-state index contributed by atoms with van der Waals surface area (Å²) in [5, 5.41) is 7.70. The van der Waals surface area contributed by atoms with E-state index >= 15 is 0 Å². The second-order valence-corrected chi connectivity index (χ2v) is 5.26. The molecule has 0 aliphatic heterocycles. The molecular weight excluding hydrogens is 325 g/mol. The smallest absolute Gasteiger partial charge is 0.0539 e. The first-order valence-corrected chi connectivity index (χ1v) is 6.78. The second kappa shape index (κ2) is 5.53. The average Bonchev–Trinajstić information content (AvgIpc) is 2.76. The van der Waals surface area contributed by atoms with Gasteiger partial charge in [-0.05, 0) is 60.2 Å². The number of halogens is 1. The van der Waals surface area contributed by atoms with Crippen LogP contribution >= 0.6 is 22.6 Å². The number of hydrogen-bond acceptors (Lipinski definition) is 2. The van der Waals surface area contributed by atoms with Crippen molar-refractivity contribution in [3.8, 4) is 0 Å². The van der Waals surface area contributed by atoms with Crippen molar-refractivity contribution in [2.45, 2.75) is 26.9 Å². The maximum atomic E-state index is 4.26. The molecule has 2 rings (SSSR count). The maximum absolute atomic E-state index is 4.26. The maximum Gasteiger partial charge on any atom is 0.0539 e. The molecule has 0 bridgehead atoms. The summed E-state index contributed by atoms with van der Waals surface area (Å²) in [6.07, 6.45) is 3.99. The summed E-state index contributed by atoms with van der Waals surface area (Å²) < 4.78 is 3.21. The molecule has 4 heteroatoms. The number of hydrogen-bond donors (Lipinski definition) is 1. The predicted octanol–water partition coefficient (Wildman–Crippen LogP) is 3.43. The summed E-state index contributed by atoms with van der Waals surface area (Å²) in [5.74, 6) is 0. The van der Waals surface area contributed by atoms with Crippen LogP contribution in [-0.4, -0.2) is 9.78 Å². The van der Waals surface area contributed by atoms with Crippen LogP contribution in [0, 0.1) is 10.5 Å². The number of nitrogens with zero attached hydrogens (tertiary/aromatic N) is 2. The van der Waals surface area contributed by atoms with Gasteiger partial charge in [-0.25, -0.2) is 0 Å². The minimum Gasteiger partial charge on any atom is -0.381 e. The van der Waals surface area contributed by atoms with E-state index in [2.05, 4.69) is 71.2 Å². The molecule has 0 atom stereocenters. The number of nitrogens with one attached hydrogen (secondary N) is 1. The summed E-state index contributed by atoms with van der Waals surface area (Å²) in [5.41, 5.74) is 3.68. The zero-order chi connectivity index (χ0) is 12.3. The van der Waals surface area contributed by atoms with Crippen molar-refractivity contribution in [3.63, 3.8) is 0 Å². The molecule has 1 N–H and O–H groups in total. The molecule has 17 heavy (non-hydrogen) atoms. The van der Waals surface area contributed by atoms with Crippen LogP contribution in [0.1, 0.15) is 18.1 Å². The van der Waals surface area contributed by atoms with Gasteiger partial charge in [-0.1, -0.05) is 0 Å². The van der Waals surface area contributed by atoms with Crippen LogP contribution < -0.4 is 5.32 Å². The van der Waals surface area contributed by atoms with Crippen LogP contribution in [0.2, 0.25) is 0 Å². The highest BCUT2D eigenvalue weighted by Crippen LogP contribution is 2.18. The van der Waals surface area contributed by atoms with Gasteiger partial charge in [0, 0.05) is 34.1 Å². The third-order valence-electron chi connectivity index (χ3n) is 2.68. The Balaban J connectivity index is 2.02. The number of aromatic nitrogens is 2. The highest BCUT2D eigenvalue weighted by Gasteiger charge is 2.00. The molecule has 0 spiro atoms. The fourth-order valence-electron chi connectivity index (χ4n) is 1.69. The van der Waals surface area contributed by atoms with Crippen molar-refractivity contribution in [3.05, 3.63) is 45.3 Å². The molecule has 0 saturated heterocycles. The van der Waals surface area contributed by atoms with Crippen molar-refractivity contribution in [2.75, 3.05) is 5.32 Å². The van der Waals surface area contributed by atoms with Crippen LogP contribution in [0.5, 0.6) is 0 Å². The normalized spacial score (nSPS) is 10.5. The van der Waals surface area contributed by atoms with Gasteiger partial charge in [-0.3, -0.25) is 4.68 Å². The topological polar surface area (TPSA) is 29.9 Å². The Bertz CT molecular complexity index is 505. The lowest BCUT2D eigenvalue weighted by Crippen LogP contribution is -2.00. The summed E-state index contributed by atoms with van der Waals surface area (Å²) >= 11 is 2.33. The number of anilines is 1. The van der Waals surface area contributed by atoms with Crippen LogP contribution in [0.25, 0.3) is 0 Å². The predicted molar refractivity (Wildman–Crippen MR) is 79.1 cm³/mol. The van der Waals surface area contributed by atoms with E-state index in [-0.39, 0.29) is 0 Å². The van der Waals surface area contributed by atoms with E-state index in [1.807, 2.05) is 10.9 Å². The first kappa shape index (κ1) is 12.4. The van der Waals surface area contributed by atoms with Gasteiger partial charge < -0.3 is 5.32 Å². The van der Waals surface area contributed by atoms with Crippen molar-refractivity contribution in [1.29, 1.82) is 0 Å². The van der Waals surface area contributed by atoms with Gasteiger partial charge in [0.2, 0.25) is 0 Å². The Labute approximate surface area is 115 Å². The zero-order valence-corrected chi connectivity index (χ0v) is 12.2. The molecule has 0 unspecified atom stereocenters. The van der Waals surface area contributed by atoms with Gasteiger partial charge in [0.1, 0.15) is 0 Å². The third kappa shape index (κ3) is 3.21. The summed E-state index contributed by atoms with van der Waals surface area (Å²) in [7, 11) is 0. The van der Waals surface area contributed by atoms with Crippen LogP contribution in [0.15, 0.2) is 30.6 Å². The fraction of sp³-hybridized carbons (Fsp3) is 0.308. The van der Waals surface area contributed by atoms with E-state index in [0.717, 1.165) is 13.1 Å². The Morgan fingerprint density at radius 2 is 2.24 bits per heavy atom. The lowest BCUT2D eigenvalue weighted by molar-refractivity contribution is 0.659. The van der Waals surface area contributed by atoms with Crippen LogP contribution in [-0.2, 0) is 13.1 Å². The number of rotatable bonds is 4. The quantitative estimate of drug-likeness (QED) is 0.864. The Hall–Kier alpha value is -1.04. The molecule has 2 aromatic rings. The minimum absolute atomic E-state index is 0.821. The average molecular weight is 341 g/mol. The number of benzene rings is 1. The summed E-state index contributed by atoms with van der Waals surface area (Å²) in [6, 6.07) is 6.42. The van der Waals surface area contributed by atoms with Crippen molar-refractivity contribution < 1.29 is 0 Å². The molecular formula is C13H16IN3. The van der Waals surface area contributed by atoms with Crippen LogP contribution in [0.4, 0.5) is 5.69 Å². The SMILES string of the molecule is CCn1cc(CNc2ccc(I)cc2C)cn1. The van der Waals surface area contributed by atoms with E-state index in [0.29, 0.717) is 0 Å². The Kier molecular flexibility index (Phi) is 4.04. The van der Waals surface area contributed by atoms with Gasteiger partial charge in [0.25, 0.3) is 0 Å². The molecule has 0 aliphatic rings. The van der Waals surface area contributed by atoms with E-state index in [9.17, 15) is 0 Å². The van der Waals surface area contributed by atoms with E-state index in [1.165, 1.54) is 20.4 Å². The van der Waals surface area contributed by atoms with Crippen molar-refractivity contribution in [2.24, 2.45) is 0 Å². The summed E-state index contributed by atoms with van der Waals surface area (Å²) in [4.78, 5) is 0. The Morgan fingerprint density at radius 3 is 2.88 bits per heavy atom. The second-order valence-electron chi connectivity index (χ2n) is 4.02. The first-order chi connectivity index (χ1) is 8.19. The third-order valence-corrected chi connectivity index (χ3v) is 3.35. The van der Waals surface area contributed by atoms with Gasteiger partial charge >= 0.3 is 0 Å². The lowest BCUT2D eigenvalue weighted by Gasteiger charge is -2.08. The molecule has 90 valence electrons. The largest absolute Gasteiger partial charge is 0.381 e. The molecule has 0 amide bonds. The minimum atomic E-state index is 0.821. The fourth-order valence-corrected chi connectivity index (χ4v) is 2.34. The monoisotopic (exact) mass is 341 g/mol. The molecule has 1 aromatic carbocycles. The highest BCUT2D eigenvalue weighted by atomic mass is 127. The van der Waals surface area contributed by atoms with Gasteiger partial charge in [0.15, 0.2) is 0 Å². The summed E-state index contributed by atoms with van der Waals surface area (Å²) in [6.45, 7) is 5.96. The van der Waals surface area contributed by atoms with Gasteiger partial charge in [0.05, 0.1) is 6.20 Å². The van der Waals surface area contributed by atoms with E-state index in [1.54, 1.807) is 0 Å².